The van der Waals surface area contributed by atoms with Crippen LogP contribution in [0.5, 0.6) is 0 Å². The zero-order valence-corrected chi connectivity index (χ0v) is 16.8. The largest absolute Gasteiger partial charge is 0.303 e. The van der Waals surface area contributed by atoms with Gasteiger partial charge in [-0.3, -0.25) is 4.79 Å². The second-order valence-corrected chi connectivity index (χ2v) is 8.51. The number of hydrogen-bond acceptors (Lipinski definition) is 5. The van der Waals surface area contributed by atoms with E-state index < -0.39 is 16.1 Å². The third-order valence-electron chi connectivity index (χ3n) is 4.22. The molecule has 1 unspecified atom stereocenters. The van der Waals surface area contributed by atoms with Gasteiger partial charge < -0.3 is 4.79 Å². The normalized spacial score (nSPS) is 12.4. The maximum atomic E-state index is 13.3. The van der Waals surface area contributed by atoms with Crippen molar-refractivity contribution in [1.82, 2.24) is 4.31 Å². The van der Waals surface area contributed by atoms with Gasteiger partial charge in [-0.1, -0.05) is 23.7 Å². The number of aldehydes is 1. The number of hydrogen-bond donors (Lipinski definition) is 0. The van der Waals surface area contributed by atoms with E-state index >= 15 is 0 Å². The summed E-state index contributed by atoms with van der Waals surface area (Å²) in [6, 6.07) is 13.1. The molecule has 0 heterocycles. The molecule has 1 atom stereocenters. The van der Waals surface area contributed by atoms with Crippen molar-refractivity contribution in [3.8, 4) is 6.07 Å². The molecule has 146 valence electrons. The van der Waals surface area contributed by atoms with E-state index in [-0.39, 0.29) is 30.1 Å². The minimum Gasteiger partial charge on any atom is -0.303 e. The molecule has 0 aromatic heterocycles. The Labute approximate surface area is 169 Å². The van der Waals surface area contributed by atoms with Crippen molar-refractivity contribution in [3.63, 3.8) is 0 Å². The first-order chi connectivity index (χ1) is 13.3. The van der Waals surface area contributed by atoms with Gasteiger partial charge in [-0.2, -0.15) is 9.57 Å². The van der Waals surface area contributed by atoms with E-state index in [1.54, 1.807) is 24.3 Å². The molecule has 0 spiro atoms. The summed E-state index contributed by atoms with van der Waals surface area (Å²) in [5, 5.41) is 9.31. The predicted octanol–water partition coefficient (Wildman–Crippen LogP) is 3.34. The van der Waals surface area contributed by atoms with Crippen molar-refractivity contribution in [1.29, 1.82) is 5.26 Å². The number of nitrogens with zero attached hydrogens (tertiary/aromatic N) is 2. The van der Waals surface area contributed by atoms with Gasteiger partial charge >= 0.3 is 0 Å². The Morgan fingerprint density at radius 2 is 1.79 bits per heavy atom. The van der Waals surface area contributed by atoms with Crippen LogP contribution in [0.3, 0.4) is 0 Å². The Morgan fingerprint density at radius 3 is 2.29 bits per heavy atom. The number of ketones is 1. The Kier molecular flexibility index (Phi) is 7.46. The Morgan fingerprint density at radius 1 is 1.18 bits per heavy atom. The lowest BCUT2D eigenvalue weighted by atomic mass is 10.1. The van der Waals surface area contributed by atoms with Gasteiger partial charge in [0.25, 0.3) is 0 Å². The van der Waals surface area contributed by atoms with Crippen molar-refractivity contribution in [2.24, 2.45) is 0 Å². The van der Waals surface area contributed by atoms with Crippen LogP contribution in [-0.4, -0.2) is 30.8 Å². The SMILES string of the molecule is CC(=O)C(CCC=O)N(Cc1ccc(C#N)cc1)S(=O)(=O)c1ccc(Cl)cc1. The van der Waals surface area contributed by atoms with Crippen molar-refractivity contribution in [3.05, 3.63) is 64.7 Å². The average Bonchev–Trinajstić information content (AvgIpc) is 2.68. The van der Waals surface area contributed by atoms with Crippen LogP contribution in [0.4, 0.5) is 0 Å². The van der Waals surface area contributed by atoms with E-state index in [1.165, 1.54) is 31.2 Å². The van der Waals surface area contributed by atoms with E-state index in [0.29, 0.717) is 22.4 Å². The molecule has 2 aromatic carbocycles. The zero-order chi connectivity index (χ0) is 20.7. The summed E-state index contributed by atoms with van der Waals surface area (Å²) in [6.45, 7) is 1.23. The molecule has 0 saturated carbocycles. The summed E-state index contributed by atoms with van der Waals surface area (Å²) in [4.78, 5) is 23.0. The zero-order valence-electron chi connectivity index (χ0n) is 15.2. The Balaban J connectivity index is 2.49. The van der Waals surface area contributed by atoms with E-state index in [4.69, 9.17) is 16.9 Å². The fourth-order valence-corrected chi connectivity index (χ4v) is 4.53. The summed E-state index contributed by atoms with van der Waals surface area (Å²) in [5.74, 6) is -0.354. The molecule has 8 heteroatoms. The summed E-state index contributed by atoms with van der Waals surface area (Å²) < 4.78 is 27.6. The smallest absolute Gasteiger partial charge is 0.244 e. The highest BCUT2D eigenvalue weighted by molar-refractivity contribution is 7.89. The second kappa shape index (κ2) is 9.60. The second-order valence-electron chi connectivity index (χ2n) is 6.18. The molecule has 6 nitrogen and oxygen atoms in total. The van der Waals surface area contributed by atoms with Crippen LogP contribution < -0.4 is 0 Å². The summed E-state index contributed by atoms with van der Waals surface area (Å²) in [6.07, 6.45) is 0.803. The maximum Gasteiger partial charge on any atom is 0.244 e. The molecule has 2 rings (SSSR count). The molecule has 0 N–H and O–H groups in total. The third kappa shape index (κ3) is 5.26. The molecular formula is C20H19ClN2O4S. The molecule has 2 aromatic rings. The van der Waals surface area contributed by atoms with Gasteiger partial charge in [-0.15, -0.1) is 0 Å². The van der Waals surface area contributed by atoms with E-state index in [9.17, 15) is 18.0 Å². The fourth-order valence-electron chi connectivity index (χ4n) is 2.75. The van der Waals surface area contributed by atoms with Crippen molar-refractivity contribution in [2.45, 2.75) is 37.2 Å². The molecule has 28 heavy (non-hydrogen) atoms. The summed E-state index contributed by atoms with van der Waals surface area (Å²) >= 11 is 5.85. The summed E-state index contributed by atoms with van der Waals surface area (Å²) in [5.41, 5.74) is 1.06. The fraction of sp³-hybridized carbons (Fsp3) is 0.250. The molecule has 0 aliphatic carbocycles. The van der Waals surface area contributed by atoms with Gasteiger partial charge in [0, 0.05) is 18.0 Å². The first kappa shape index (κ1) is 21.8. The Hall–Kier alpha value is -2.53. The van der Waals surface area contributed by atoms with Crippen LogP contribution in [0.25, 0.3) is 0 Å². The lowest BCUT2D eigenvalue weighted by Gasteiger charge is -2.29. The van der Waals surface area contributed by atoms with Crippen molar-refractivity contribution in [2.75, 3.05) is 0 Å². The quantitative estimate of drug-likeness (QED) is 0.582. The topological polar surface area (TPSA) is 95.3 Å². The lowest BCUT2D eigenvalue weighted by Crippen LogP contribution is -2.43. The third-order valence-corrected chi connectivity index (χ3v) is 6.34. The van der Waals surface area contributed by atoms with E-state index in [1.807, 2.05) is 6.07 Å². The number of rotatable bonds is 9. The summed E-state index contributed by atoms with van der Waals surface area (Å²) in [7, 11) is -4.03. The van der Waals surface area contributed by atoms with Crippen LogP contribution in [0.1, 0.15) is 30.9 Å². The highest BCUT2D eigenvalue weighted by atomic mass is 35.5. The molecule has 0 aliphatic heterocycles. The molecule has 0 saturated heterocycles. The van der Waals surface area contributed by atoms with Crippen LogP contribution >= 0.6 is 11.6 Å². The van der Waals surface area contributed by atoms with Crippen LogP contribution in [0, 0.1) is 11.3 Å². The predicted molar refractivity (Wildman–Crippen MR) is 105 cm³/mol. The molecule has 0 amide bonds. The van der Waals surface area contributed by atoms with Gasteiger partial charge in [0.15, 0.2) is 0 Å². The number of sulfonamides is 1. The number of nitriles is 1. The van der Waals surface area contributed by atoms with Crippen molar-refractivity contribution < 1.29 is 18.0 Å². The average molecular weight is 419 g/mol. The van der Waals surface area contributed by atoms with E-state index in [0.717, 1.165) is 4.31 Å². The number of halogens is 1. The standard InChI is InChI=1S/C20H19ClN2O4S/c1-15(25)20(3-2-12-24)23(14-17-6-4-16(13-22)5-7-17)28(26,27)19-10-8-18(21)9-11-19/h4-12,20H,2-3,14H2,1H3. The van der Waals surface area contributed by atoms with Gasteiger partial charge in [0.1, 0.15) is 12.1 Å². The van der Waals surface area contributed by atoms with Gasteiger partial charge in [-0.25, -0.2) is 8.42 Å². The van der Waals surface area contributed by atoms with Crippen LogP contribution in [-0.2, 0) is 26.2 Å². The molecule has 0 bridgehead atoms. The minimum atomic E-state index is -4.03. The van der Waals surface area contributed by atoms with Gasteiger partial charge in [-0.05, 0) is 55.3 Å². The van der Waals surface area contributed by atoms with Crippen LogP contribution in [0.2, 0.25) is 5.02 Å². The van der Waals surface area contributed by atoms with E-state index in [2.05, 4.69) is 0 Å². The van der Waals surface area contributed by atoms with Crippen LogP contribution in [0.15, 0.2) is 53.4 Å². The van der Waals surface area contributed by atoms with Crippen molar-refractivity contribution >= 4 is 33.7 Å². The number of Topliss-reactive ketones (excluding diaryl/α,β-unsaturated/α-hetero) is 1. The molecule has 0 radical (unpaired) electrons. The first-order valence-corrected chi connectivity index (χ1v) is 10.3. The van der Waals surface area contributed by atoms with Gasteiger partial charge in [0.2, 0.25) is 10.0 Å². The molecular weight excluding hydrogens is 400 g/mol. The maximum absolute atomic E-state index is 13.3. The Bertz CT molecular complexity index is 980. The number of carbonyl (C=O) groups is 2. The minimum absolute atomic E-state index is 0.00268. The highest BCUT2D eigenvalue weighted by Crippen LogP contribution is 2.25. The highest BCUT2D eigenvalue weighted by Gasteiger charge is 2.34. The monoisotopic (exact) mass is 418 g/mol. The van der Waals surface area contributed by atoms with Gasteiger partial charge in [0.05, 0.1) is 22.6 Å². The molecule has 0 fully saturated rings. The first-order valence-electron chi connectivity index (χ1n) is 8.50. The molecule has 0 aliphatic rings. The number of benzene rings is 2. The lowest BCUT2D eigenvalue weighted by molar-refractivity contribution is -0.121. The number of carbonyl (C=O) groups excluding carboxylic acids is 2.